The zero-order valence-electron chi connectivity index (χ0n) is 8.23. The third-order valence-electron chi connectivity index (χ3n) is 2.05. The lowest BCUT2D eigenvalue weighted by Gasteiger charge is -2.25. The molecule has 0 saturated heterocycles. The normalized spacial score (nSPS) is 11.3. The first-order chi connectivity index (χ1) is 6.47. The topological polar surface area (TPSA) is 78.0 Å². The smallest absolute Gasteiger partial charge is 0.219 e. The van der Waals surface area contributed by atoms with Crippen LogP contribution in [0.2, 0.25) is 0 Å². The second-order valence-electron chi connectivity index (χ2n) is 3.76. The summed E-state index contributed by atoms with van der Waals surface area (Å²) in [6.45, 7) is 3.65. The minimum Gasteiger partial charge on any atom is -0.370 e. The van der Waals surface area contributed by atoms with Gasteiger partial charge in [-0.15, -0.1) is 0 Å². The van der Waals surface area contributed by atoms with Gasteiger partial charge in [-0.3, -0.25) is 9.59 Å². The molecule has 0 bridgehead atoms. The van der Waals surface area contributed by atoms with Gasteiger partial charge in [-0.05, 0) is 13.8 Å². The largest absolute Gasteiger partial charge is 0.370 e. The van der Waals surface area contributed by atoms with Crippen LogP contribution in [-0.4, -0.2) is 21.7 Å². The fourth-order valence-electron chi connectivity index (χ4n) is 1.41. The number of carbonyl (C=O) groups is 2. The Morgan fingerprint density at radius 1 is 1.71 bits per heavy atom. The summed E-state index contributed by atoms with van der Waals surface area (Å²) >= 11 is 0. The number of nitrogens with zero attached hydrogens (tertiary/aromatic N) is 2. The molecule has 0 spiro atoms. The molecule has 0 aliphatic rings. The van der Waals surface area contributed by atoms with E-state index in [1.807, 2.05) is 13.8 Å². The van der Waals surface area contributed by atoms with Crippen LogP contribution in [0, 0.1) is 0 Å². The van der Waals surface area contributed by atoms with Crippen molar-refractivity contribution in [3.05, 3.63) is 18.2 Å². The number of imidazole rings is 1. The van der Waals surface area contributed by atoms with Crippen molar-refractivity contribution >= 4 is 12.2 Å². The van der Waals surface area contributed by atoms with Crippen LogP contribution >= 0.6 is 0 Å². The van der Waals surface area contributed by atoms with Crippen LogP contribution in [0.15, 0.2) is 12.5 Å². The lowest BCUT2D eigenvalue weighted by Crippen LogP contribution is -2.32. The maximum atomic E-state index is 10.8. The highest BCUT2D eigenvalue weighted by Gasteiger charge is 2.24. The zero-order chi connectivity index (χ0) is 10.8. The second kappa shape index (κ2) is 3.61. The maximum Gasteiger partial charge on any atom is 0.219 e. The van der Waals surface area contributed by atoms with Crippen molar-refractivity contribution in [1.29, 1.82) is 0 Å². The van der Waals surface area contributed by atoms with Crippen molar-refractivity contribution < 1.29 is 9.59 Å². The molecule has 1 aromatic rings. The lowest BCUT2D eigenvalue weighted by atomic mass is 10.00. The van der Waals surface area contributed by atoms with E-state index >= 15 is 0 Å². The van der Waals surface area contributed by atoms with E-state index in [9.17, 15) is 9.59 Å². The first kappa shape index (κ1) is 10.4. The molecule has 0 aliphatic carbocycles. The van der Waals surface area contributed by atoms with Gasteiger partial charge in [0.1, 0.15) is 5.69 Å². The van der Waals surface area contributed by atoms with Crippen LogP contribution in [0.3, 0.4) is 0 Å². The average molecular weight is 195 g/mol. The highest BCUT2D eigenvalue weighted by atomic mass is 16.1. The summed E-state index contributed by atoms with van der Waals surface area (Å²) in [5, 5.41) is 0. The molecule has 0 unspecified atom stereocenters. The van der Waals surface area contributed by atoms with E-state index in [2.05, 4.69) is 4.98 Å². The Morgan fingerprint density at radius 3 is 2.86 bits per heavy atom. The van der Waals surface area contributed by atoms with Crippen molar-refractivity contribution in [3.8, 4) is 0 Å². The Hall–Kier alpha value is -1.65. The van der Waals surface area contributed by atoms with Crippen molar-refractivity contribution in [2.45, 2.75) is 25.8 Å². The predicted molar refractivity (Wildman–Crippen MR) is 50.7 cm³/mol. The number of aromatic nitrogens is 2. The average Bonchev–Trinajstić information content (AvgIpc) is 2.48. The highest BCUT2D eigenvalue weighted by Crippen LogP contribution is 2.20. The Kier molecular flexibility index (Phi) is 2.69. The van der Waals surface area contributed by atoms with Gasteiger partial charge >= 0.3 is 0 Å². The summed E-state index contributed by atoms with van der Waals surface area (Å²) in [4.78, 5) is 25.3. The first-order valence-electron chi connectivity index (χ1n) is 4.23. The molecular weight excluding hydrogens is 182 g/mol. The summed E-state index contributed by atoms with van der Waals surface area (Å²) in [6, 6.07) is 0. The molecule has 0 atom stereocenters. The standard InChI is InChI=1S/C9H13N3O2/c1-9(2,3-8(10)14)12-6-11-4-7(12)5-13/h4-6H,3H2,1-2H3,(H2,10,14). The van der Waals surface area contributed by atoms with E-state index in [0.29, 0.717) is 12.0 Å². The summed E-state index contributed by atoms with van der Waals surface area (Å²) in [7, 11) is 0. The summed E-state index contributed by atoms with van der Waals surface area (Å²) in [6.07, 6.45) is 3.85. The van der Waals surface area contributed by atoms with Crippen molar-refractivity contribution in [2.24, 2.45) is 5.73 Å². The Labute approximate surface area is 81.9 Å². The fraction of sp³-hybridized carbons (Fsp3) is 0.444. The van der Waals surface area contributed by atoms with E-state index in [1.54, 1.807) is 4.57 Å². The number of primary amides is 1. The molecular formula is C9H13N3O2. The lowest BCUT2D eigenvalue weighted by molar-refractivity contribution is -0.119. The maximum absolute atomic E-state index is 10.8. The number of rotatable bonds is 4. The van der Waals surface area contributed by atoms with Crippen LogP contribution < -0.4 is 5.73 Å². The number of aldehydes is 1. The van der Waals surface area contributed by atoms with Crippen LogP contribution in [-0.2, 0) is 10.3 Å². The molecule has 2 N–H and O–H groups in total. The number of hydrogen-bond donors (Lipinski definition) is 1. The molecule has 0 radical (unpaired) electrons. The molecule has 1 rings (SSSR count). The third kappa shape index (κ3) is 1.99. The van der Waals surface area contributed by atoms with Gasteiger partial charge in [0, 0.05) is 12.0 Å². The number of amides is 1. The van der Waals surface area contributed by atoms with Gasteiger partial charge in [-0.25, -0.2) is 4.98 Å². The van der Waals surface area contributed by atoms with E-state index < -0.39 is 11.4 Å². The number of hydrogen-bond acceptors (Lipinski definition) is 3. The molecule has 0 aromatic carbocycles. The van der Waals surface area contributed by atoms with Gasteiger partial charge < -0.3 is 10.3 Å². The van der Waals surface area contributed by atoms with E-state index in [0.717, 1.165) is 0 Å². The summed E-state index contributed by atoms with van der Waals surface area (Å²) in [5.74, 6) is -0.402. The molecule has 5 nitrogen and oxygen atoms in total. The Morgan fingerprint density at radius 2 is 2.36 bits per heavy atom. The molecule has 1 heterocycles. The molecule has 76 valence electrons. The van der Waals surface area contributed by atoms with Gasteiger partial charge in [0.25, 0.3) is 0 Å². The second-order valence-corrected chi connectivity index (χ2v) is 3.76. The van der Waals surface area contributed by atoms with E-state index in [-0.39, 0.29) is 6.42 Å². The Balaban J connectivity index is 3.02. The zero-order valence-corrected chi connectivity index (χ0v) is 8.23. The van der Waals surface area contributed by atoms with Gasteiger partial charge in [0.05, 0.1) is 12.5 Å². The van der Waals surface area contributed by atoms with Gasteiger partial charge in [-0.2, -0.15) is 0 Å². The Bertz CT molecular complexity index is 355. The van der Waals surface area contributed by atoms with Crippen LogP contribution in [0.25, 0.3) is 0 Å². The molecule has 0 aliphatic heterocycles. The van der Waals surface area contributed by atoms with Gasteiger partial charge in [0.2, 0.25) is 5.91 Å². The number of carbonyl (C=O) groups excluding carboxylic acids is 2. The minimum atomic E-state index is -0.515. The SMILES string of the molecule is CC(C)(CC(N)=O)n1cncc1C=O. The van der Waals surface area contributed by atoms with Crippen molar-refractivity contribution in [2.75, 3.05) is 0 Å². The van der Waals surface area contributed by atoms with Crippen molar-refractivity contribution in [1.82, 2.24) is 9.55 Å². The molecule has 0 fully saturated rings. The number of nitrogens with two attached hydrogens (primary N) is 1. The first-order valence-corrected chi connectivity index (χ1v) is 4.23. The molecule has 14 heavy (non-hydrogen) atoms. The summed E-state index contributed by atoms with van der Waals surface area (Å²) < 4.78 is 1.64. The molecule has 1 aromatic heterocycles. The van der Waals surface area contributed by atoms with Gasteiger partial charge in [-0.1, -0.05) is 0 Å². The highest BCUT2D eigenvalue weighted by molar-refractivity contribution is 5.75. The predicted octanol–water partition coefficient (Wildman–Crippen LogP) is 0.306. The minimum absolute atomic E-state index is 0.171. The fourth-order valence-corrected chi connectivity index (χ4v) is 1.41. The molecule has 5 heteroatoms. The van der Waals surface area contributed by atoms with Crippen LogP contribution in [0.4, 0.5) is 0 Å². The van der Waals surface area contributed by atoms with Crippen molar-refractivity contribution in [3.63, 3.8) is 0 Å². The monoisotopic (exact) mass is 195 g/mol. The van der Waals surface area contributed by atoms with E-state index in [4.69, 9.17) is 5.73 Å². The van der Waals surface area contributed by atoms with Crippen LogP contribution in [0.5, 0.6) is 0 Å². The van der Waals surface area contributed by atoms with Crippen LogP contribution in [0.1, 0.15) is 30.8 Å². The molecule has 1 amide bonds. The quantitative estimate of drug-likeness (QED) is 0.702. The summed E-state index contributed by atoms with van der Waals surface area (Å²) in [5.41, 5.74) is 5.04. The molecule has 0 saturated carbocycles. The van der Waals surface area contributed by atoms with E-state index in [1.165, 1.54) is 12.5 Å². The van der Waals surface area contributed by atoms with Gasteiger partial charge in [0.15, 0.2) is 6.29 Å². The third-order valence-corrected chi connectivity index (χ3v) is 2.05.